The second-order valence-electron chi connectivity index (χ2n) is 4.40. The Morgan fingerprint density at radius 2 is 1.68 bits per heavy atom. The van der Waals surface area contributed by atoms with Gasteiger partial charge in [-0.3, -0.25) is 4.79 Å². The highest BCUT2D eigenvalue weighted by molar-refractivity contribution is 14.1. The topological polar surface area (TPSA) is 55.1 Å². The summed E-state index contributed by atoms with van der Waals surface area (Å²) in [6.45, 7) is 2.02. The molecular weight excluding hydrogens is 351 g/mol. The Labute approximate surface area is 126 Å². The minimum Gasteiger partial charge on any atom is -0.370 e. The van der Waals surface area contributed by atoms with Crippen molar-refractivity contribution in [3.63, 3.8) is 0 Å². The maximum absolute atomic E-state index is 11.6. The van der Waals surface area contributed by atoms with Crippen LogP contribution >= 0.6 is 22.6 Å². The maximum atomic E-state index is 11.6. The Bertz CT molecular complexity index is 564. The van der Waals surface area contributed by atoms with Crippen molar-refractivity contribution in [1.29, 1.82) is 0 Å². The maximum Gasteiger partial charge on any atom is 0.244 e. The van der Waals surface area contributed by atoms with Crippen LogP contribution in [0.1, 0.15) is 17.2 Å². The zero-order valence-electron chi connectivity index (χ0n) is 10.6. The van der Waals surface area contributed by atoms with Gasteiger partial charge in [-0.1, -0.05) is 29.8 Å². The fourth-order valence-electron chi connectivity index (χ4n) is 1.79. The van der Waals surface area contributed by atoms with Crippen molar-refractivity contribution in [3.05, 3.63) is 63.2 Å². The number of anilines is 1. The van der Waals surface area contributed by atoms with Crippen LogP contribution in [-0.2, 0) is 4.79 Å². The van der Waals surface area contributed by atoms with Crippen LogP contribution in [0.2, 0.25) is 0 Å². The summed E-state index contributed by atoms with van der Waals surface area (Å²) in [7, 11) is 0. The monoisotopic (exact) mass is 366 g/mol. The SMILES string of the molecule is Cc1ccc(NC(C(N)=O)c2ccc(I)cc2)cc1. The summed E-state index contributed by atoms with van der Waals surface area (Å²) in [6, 6.07) is 15.1. The van der Waals surface area contributed by atoms with E-state index < -0.39 is 6.04 Å². The van der Waals surface area contributed by atoms with E-state index in [2.05, 4.69) is 27.9 Å². The van der Waals surface area contributed by atoms with E-state index in [1.165, 1.54) is 5.56 Å². The Morgan fingerprint density at radius 3 is 2.21 bits per heavy atom. The number of rotatable bonds is 4. The summed E-state index contributed by atoms with van der Waals surface area (Å²) < 4.78 is 1.12. The van der Waals surface area contributed by atoms with Crippen LogP contribution < -0.4 is 11.1 Å². The van der Waals surface area contributed by atoms with Crippen LogP contribution in [0.25, 0.3) is 0 Å². The molecule has 2 rings (SSSR count). The molecule has 98 valence electrons. The highest BCUT2D eigenvalue weighted by atomic mass is 127. The number of hydrogen-bond acceptors (Lipinski definition) is 2. The second-order valence-corrected chi connectivity index (χ2v) is 5.64. The number of amides is 1. The van der Waals surface area contributed by atoms with Gasteiger partial charge >= 0.3 is 0 Å². The molecule has 0 aliphatic heterocycles. The van der Waals surface area contributed by atoms with Gasteiger partial charge in [-0.15, -0.1) is 0 Å². The molecule has 3 N–H and O–H groups in total. The minimum absolute atomic E-state index is 0.387. The third-order valence-corrected chi connectivity index (χ3v) is 3.57. The van der Waals surface area contributed by atoms with Crippen molar-refractivity contribution in [3.8, 4) is 0 Å². The largest absolute Gasteiger partial charge is 0.370 e. The van der Waals surface area contributed by atoms with E-state index in [4.69, 9.17) is 5.73 Å². The average Bonchev–Trinajstić information content (AvgIpc) is 2.39. The number of nitrogens with one attached hydrogen (secondary N) is 1. The normalized spacial score (nSPS) is 11.9. The Balaban J connectivity index is 2.23. The Morgan fingerprint density at radius 1 is 1.11 bits per heavy atom. The lowest BCUT2D eigenvalue weighted by atomic mass is 10.1. The van der Waals surface area contributed by atoms with Crippen molar-refractivity contribution in [2.45, 2.75) is 13.0 Å². The summed E-state index contributed by atoms with van der Waals surface area (Å²) in [5.74, 6) is -0.387. The quantitative estimate of drug-likeness (QED) is 0.817. The van der Waals surface area contributed by atoms with E-state index in [0.29, 0.717) is 0 Å². The summed E-state index contributed by atoms with van der Waals surface area (Å²) in [4.78, 5) is 11.6. The molecule has 0 radical (unpaired) electrons. The van der Waals surface area contributed by atoms with Gasteiger partial charge in [-0.2, -0.15) is 0 Å². The number of primary amides is 1. The fraction of sp³-hybridized carbons (Fsp3) is 0.133. The van der Waals surface area contributed by atoms with Gasteiger partial charge in [0.05, 0.1) is 0 Å². The number of hydrogen-bond donors (Lipinski definition) is 2. The van der Waals surface area contributed by atoms with Crippen molar-refractivity contribution >= 4 is 34.2 Å². The van der Waals surface area contributed by atoms with Crippen LogP contribution in [-0.4, -0.2) is 5.91 Å². The molecule has 19 heavy (non-hydrogen) atoms. The molecule has 0 aliphatic rings. The molecule has 0 fully saturated rings. The average molecular weight is 366 g/mol. The third-order valence-electron chi connectivity index (χ3n) is 2.85. The van der Waals surface area contributed by atoms with E-state index in [9.17, 15) is 4.79 Å². The first-order valence-electron chi connectivity index (χ1n) is 5.94. The number of carbonyl (C=O) groups is 1. The van der Waals surface area contributed by atoms with E-state index in [0.717, 1.165) is 14.8 Å². The zero-order valence-corrected chi connectivity index (χ0v) is 12.7. The highest BCUT2D eigenvalue weighted by Gasteiger charge is 2.17. The van der Waals surface area contributed by atoms with E-state index in [1.807, 2.05) is 55.5 Å². The first-order chi connectivity index (χ1) is 9.06. The lowest BCUT2D eigenvalue weighted by molar-refractivity contribution is -0.118. The molecule has 0 heterocycles. The zero-order chi connectivity index (χ0) is 13.8. The molecule has 0 spiro atoms. The molecule has 4 heteroatoms. The van der Waals surface area contributed by atoms with Gasteiger partial charge in [0.2, 0.25) is 5.91 Å². The summed E-state index contributed by atoms with van der Waals surface area (Å²) in [6.07, 6.45) is 0. The van der Waals surface area contributed by atoms with E-state index in [-0.39, 0.29) is 5.91 Å². The van der Waals surface area contributed by atoms with Gasteiger partial charge in [0.15, 0.2) is 0 Å². The number of carbonyl (C=O) groups excluding carboxylic acids is 1. The summed E-state index contributed by atoms with van der Waals surface area (Å²) in [5, 5.41) is 3.16. The van der Waals surface area contributed by atoms with Crippen molar-refractivity contribution < 1.29 is 4.79 Å². The third kappa shape index (κ3) is 3.70. The van der Waals surface area contributed by atoms with Crippen LogP contribution in [0.3, 0.4) is 0 Å². The van der Waals surface area contributed by atoms with Gasteiger partial charge in [0, 0.05) is 9.26 Å². The van der Waals surface area contributed by atoms with Crippen molar-refractivity contribution in [1.82, 2.24) is 0 Å². The molecule has 1 atom stereocenters. The van der Waals surface area contributed by atoms with Crippen molar-refractivity contribution in [2.75, 3.05) is 5.32 Å². The minimum atomic E-state index is -0.514. The summed E-state index contributed by atoms with van der Waals surface area (Å²) in [5.41, 5.74) is 8.41. The molecule has 0 aromatic heterocycles. The lowest BCUT2D eigenvalue weighted by Gasteiger charge is -2.17. The number of benzene rings is 2. The van der Waals surface area contributed by atoms with Gasteiger partial charge in [0.1, 0.15) is 6.04 Å². The van der Waals surface area contributed by atoms with Gasteiger partial charge < -0.3 is 11.1 Å². The molecule has 1 unspecified atom stereocenters. The standard InChI is InChI=1S/C15H15IN2O/c1-10-2-8-13(9-3-10)18-14(15(17)19)11-4-6-12(16)7-5-11/h2-9,14,18H,1H3,(H2,17,19). The molecule has 0 bridgehead atoms. The highest BCUT2D eigenvalue weighted by Crippen LogP contribution is 2.20. The van der Waals surface area contributed by atoms with Crippen LogP contribution in [0.5, 0.6) is 0 Å². The molecule has 0 saturated carbocycles. The van der Waals surface area contributed by atoms with Crippen LogP contribution in [0.15, 0.2) is 48.5 Å². The first kappa shape index (κ1) is 13.9. The van der Waals surface area contributed by atoms with Gasteiger partial charge in [-0.25, -0.2) is 0 Å². The molecular formula is C15H15IN2O. The predicted octanol–water partition coefficient (Wildman–Crippen LogP) is 3.24. The number of nitrogens with two attached hydrogens (primary N) is 1. The number of halogens is 1. The smallest absolute Gasteiger partial charge is 0.244 e. The molecule has 3 nitrogen and oxygen atoms in total. The lowest BCUT2D eigenvalue weighted by Crippen LogP contribution is -2.27. The molecule has 1 amide bonds. The van der Waals surface area contributed by atoms with E-state index >= 15 is 0 Å². The molecule has 0 saturated heterocycles. The fourth-order valence-corrected chi connectivity index (χ4v) is 2.15. The molecule has 0 aliphatic carbocycles. The molecule has 2 aromatic rings. The first-order valence-corrected chi connectivity index (χ1v) is 7.02. The van der Waals surface area contributed by atoms with Crippen molar-refractivity contribution in [2.24, 2.45) is 5.73 Å². The predicted molar refractivity (Wildman–Crippen MR) is 85.9 cm³/mol. The van der Waals surface area contributed by atoms with E-state index in [1.54, 1.807) is 0 Å². The van der Waals surface area contributed by atoms with Crippen LogP contribution in [0, 0.1) is 10.5 Å². The van der Waals surface area contributed by atoms with Gasteiger partial charge in [-0.05, 0) is 59.3 Å². The Kier molecular flexibility index (Phi) is 4.42. The summed E-state index contributed by atoms with van der Waals surface area (Å²) >= 11 is 2.23. The van der Waals surface area contributed by atoms with Crippen LogP contribution in [0.4, 0.5) is 5.69 Å². The second kappa shape index (κ2) is 6.06. The molecule has 2 aromatic carbocycles. The van der Waals surface area contributed by atoms with Gasteiger partial charge in [0.25, 0.3) is 0 Å². The number of aryl methyl sites for hydroxylation is 1. The Hall–Kier alpha value is -1.56.